The van der Waals surface area contributed by atoms with Crippen molar-refractivity contribution in [1.29, 1.82) is 0 Å². The van der Waals surface area contributed by atoms with E-state index in [1.165, 1.54) is 0 Å². The van der Waals surface area contributed by atoms with E-state index >= 15 is 0 Å². The molecule has 0 aromatic carbocycles. The first-order chi connectivity index (χ1) is 7.49. The lowest BCUT2D eigenvalue weighted by Crippen LogP contribution is -2.26. The van der Waals surface area contributed by atoms with E-state index in [1.807, 2.05) is 32.1 Å². The molecule has 0 saturated heterocycles. The molecule has 0 aliphatic heterocycles. The van der Waals surface area contributed by atoms with Crippen molar-refractivity contribution in [3.8, 4) is 0 Å². The molecule has 0 aliphatic rings. The summed E-state index contributed by atoms with van der Waals surface area (Å²) in [5.41, 5.74) is 2.22. The van der Waals surface area contributed by atoms with Gasteiger partial charge < -0.3 is 15.1 Å². The van der Waals surface area contributed by atoms with Crippen molar-refractivity contribution in [2.75, 3.05) is 40.8 Å². The second-order valence-corrected chi connectivity index (χ2v) is 4.12. The van der Waals surface area contributed by atoms with Crippen LogP contribution in [0.4, 0.5) is 0 Å². The van der Waals surface area contributed by atoms with Crippen LogP contribution in [-0.4, -0.2) is 50.6 Å². The van der Waals surface area contributed by atoms with Crippen LogP contribution in [0.1, 0.15) is 6.42 Å². The van der Waals surface area contributed by atoms with E-state index in [0.717, 1.165) is 37.4 Å². The van der Waals surface area contributed by atoms with E-state index in [2.05, 4.69) is 30.0 Å². The number of hydrogen-bond donors (Lipinski definition) is 1. The van der Waals surface area contributed by atoms with E-state index in [-0.39, 0.29) is 0 Å². The van der Waals surface area contributed by atoms with E-state index in [9.17, 15) is 0 Å². The summed E-state index contributed by atoms with van der Waals surface area (Å²) in [6, 6.07) is 0. The van der Waals surface area contributed by atoms with Gasteiger partial charge in [-0.2, -0.15) is 0 Å². The molecule has 0 rings (SSSR count). The smallest absolute Gasteiger partial charge is 0.0350 e. The van der Waals surface area contributed by atoms with Crippen LogP contribution in [0.5, 0.6) is 0 Å². The van der Waals surface area contributed by atoms with Crippen molar-refractivity contribution < 1.29 is 0 Å². The number of hydrogen-bond acceptors (Lipinski definition) is 3. The number of nitrogens with one attached hydrogen (secondary N) is 1. The molecule has 0 heterocycles. The molecule has 0 amide bonds. The van der Waals surface area contributed by atoms with Crippen molar-refractivity contribution >= 4 is 0 Å². The molecule has 0 fully saturated rings. The summed E-state index contributed by atoms with van der Waals surface area (Å²) in [6.07, 6.45) is 2.83. The highest BCUT2D eigenvalue weighted by molar-refractivity contribution is 4.97. The summed E-state index contributed by atoms with van der Waals surface area (Å²) >= 11 is 0. The van der Waals surface area contributed by atoms with E-state index in [4.69, 9.17) is 0 Å². The molecule has 0 bridgehead atoms. The zero-order chi connectivity index (χ0) is 12.6. The van der Waals surface area contributed by atoms with E-state index in [1.54, 1.807) is 0 Å². The average Bonchev–Trinajstić information content (AvgIpc) is 2.23. The van der Waals surface area contributed by atoms with Gasteiger partial charge in [0.15, 0.2) is 0 Å². The Bertz CT molecular complexity index is 244. The zero-order valence-corrected chi connectivity index (χ0v) is 10.9. The van der Waals surface area contributed by atoms with Gasteiger partial charge in [-0.05, 0) is 6.42 Å². The molecule has 0 unspecified atom stereocenters. The maximum atomic E-state index is 4.03. The standard InChI is InChI=1S/C13H25N3/c1-7-10-16(6)12(2)8-9-14-11-13(3)15(4)5/h7,14H,1-3,8-11H2,4-6H3. The van der Waals surface area contributed by atoms with Gasteiger partial charge in [0.2, 0.25) is 0 Å². The minimum absolute atomic E-state index is 0.825. The first-order valence-corrected chi connectivity index (χ1v) is 5.54. The van der Waals surface area contributed by atoms with Crippen LogP contribution in [0.15, 0.2) is 37.2 Å². The Morgan fingerprint density at radius 3 is 2.31 bits per heavy atom. The Labute approximate surface area is 100 Å². The fourth-order valence-electron chi connectivity index (χ4n) is 1.14. The number of rotatable bonds is 9. The molecule has 16 heavy (non-hydrogen) atoms. The van der Waals surface area contributed by atoms with E-state index < -0.39 is 0 Å². The largest absolute Gasteiger partial charge is 0.380 e. The van der Waals surface area contributed by atoms with Crippen molar-refractivity contribution in [2.45, 2.75) is 6.42 Å². The second kappa shape index (κ2) is 7.99. The first kappa shape index (κ1) is 14.8. The summed E-state index contributed by atoms with van der Waals surface area (Å²) < 4.78 is 0. The van der Waals surface area contributed by atoms with Crippen LogP contribution in [0.2, 0.25) is 0 Å². The molecule has 0 atom stereocenters. The normalized spacial score (nSPS) is 9.69. The van der Waals surface area contributed by atoms with Crippen LogP contribution in [0.3, 0.4) is 0 Å². The number of nitrogens with zero attached hydrogens (tertiary/aromatic N) is 2. The van der Waals surface area contributed by atoms with Crippen LogP contribution in [0.25, 0.3) is 0 Å². The Morgan fingerprint density at radius 1 is 1.19 bits per heavy atom. The highest BCUT2D eigenvalue weighted by atomic mass is 15.1. The maximum Gasteiger partial charge on any atom is 0.0350 e. The summed E-state index contributed by atoms with van der Waals surface area (Å²) in [6.45, 7) is 14.3. The van der Waals surface area contributed by atoms with Gasteiger partial charge in [0.05, 0.1) is 0 Å². The quantitative estimate of drug-likeness (QED) is 0.474. The highest BCUT2D eigenvalue weighted by Gasteiger charge is 2.00. The zero-order valence-electron chi connectivity index (χ0n) is 10.9. The van der Waals surface area contributed by atoms with Crippen molar-refractivity contribution in [1.82, 2.24) is 15.1 Å². The van der Waals surface area contributed by atoms with Crippen LogP contribution in [0, 0.1) is 0 Å². The Hall–Kier alpha value is -1.22. The molecule has 0 aliphatic carbocycles. The van der Waals surface area contributed by atoms with Gasteiger partial charge in [0.1, 0.15) is 0 Å². The number of likely N-dealkylation sites (N-methyl/N-ethyl adjacent to an activating group) is 2. The minimum Gasteiger partial charge on any atom is -0.380 e. The first-order valence-electron chi connectivity index (χ1n) is 5.54. The molecular weight excluding hydrogens is 198 g/mol. The van der Waals surface area contributed by atoms with Crippen molar-refractivity contribution in [3.63, 3.8) is 0 Å². The van der Waals surface area contributed by atoms with Crippen LogP contribution in [-0.2, 0) is 0 Å². The molecule has 92 valence electrons. The van der Waals surface area contributed by atoms with Gasteiger partial charge in [-0.3, -0.25) is 0 Å². The van der Waals surface area contributed by atoms with Crippen molar-refractivity contribution in [3.05, 3.63) is 37.2 Å². The SMILES string of the molecule is C=CCN(C)C(=C)CCNCC(=C)N(C)C. The average molecular weight is 223 g/mol. The van der Waals surface area contributed by atoms with Gasteiger partial charge in [-0.25, -0.2) is 0 Å². The summed E-state index contributed by atoms with van der Waals surface area (Å²) in [5.74, 6) is 0. The molecule has 0 aromatic heterocycles. The molecular formula is C13H25N3. The van der Waals surface area contributed by atoms with Crippen LogP contribution < -0.4 is 5.32 Å². The Kier molecular flexibility index (Phi) is 7.38. The monoisotopic (exact) mass is 223 g/mol. The van der Waals surface area contributed by atoms with Crippen molar-refractivity contribution in [2.24, 2.45) is 0 Å². The fraction of sp³-hybridized carbons (Fsp3) is 0.538. The van der Waals surface area contributed by atoms with Gasteiger partial charge in [-0.15, -0.1) is 6.58 Å². The topological polar surface area (TPSA) is 18.5 Å². The molecule has 0 radical (unpaired) electrons. The Morgan fingerprint density at radius 2 is 1.81 bits per heavy atom. The van der Waals surface area contributed by atoms with Gasteiger partial charge >= 0.3 is 0 Å². The molecule has 1 N–H and O–H groups in total. The predicted octanol–water partition coefficient (Wildman–Crippen LogP) is 1.67. The molecule has 3 heteroatoms. The summed E-state index contributed by atoms with van der Waals surface area (Å²) in [5, 5.41) is 3.34. The maximum absolute atomic E-state index is 4.03. The third kappa shape index (κ3) is 6.30. The molecule has 0 aromatic rings. The van der Waals surface area contributed by atoms with Gasteiger partial charge in [0, 0.05) is 52.2 Å². The summed E-state index contributed by atoms with van der Waals surface area (Å²) in [4.78, 5) is 4.13. The summed E-state index contributed by atoms with van der Waals surface area (Å²) in [7, 11) is 6.03. The highest BCUT2D eigenvalue weighted by Crippen LogP contribution is 2.02. The predicted molar refractivity (Wildman–Crippen MR) is 72.3 cm³/mol. The third-order valence-electron chi connectivity index (χ3n) is 2.49. The fourth-order valence-corrected chi connectivity index (χ4v) is 1.14. The lowest BCUT2D eigenvalue weighted by atomic mass is 10.3. The van der Waals surface area contributed by atoms with Gasteiger partial charge in [-0.1, -0.05) is 19.2 Å². The minimum atomic E-state index is 0.825. The Balaban J connectivity index is 3.62. The molecule has 0 saturated carbocycles. The molecule has 0 spiro atoms. The molecule has 3 nitrogen and oxygen atoms in total. The van der Waals surface area contributed by atoms with E-state index in [0.29, 0.717) is 0 Å². The van der Waals surface area contributed by atoms with Gasteiger partial charge in [0.25, 0.3) is 0 Å². The second-order valence-electron chi connectivity index (χ2n) is 4.12. The lowest BCUT2D eigenvalue weighted by Gasteiger charge is -2.20. The lowest BCUT2D eigenvalue weighted by molar-refractivity contribution is 0.437. The van der Waals surface area contributed by atoms with Crippen LogP contribution >= 0.6 is 0 Å². The third-order valence-corrected chi connectivity index (χ3v) is 2.49.